The first-order valence-electron chi connectivity index (χ1n) is 7.91. The highest BCUT2D eigenvalue weighted by molar-refractivity contribution is 9.10. The monoisotopic (exact) mass is 431 g/mol. The average molecular weight is 432 g/mol. The van der Waals surface area contributed by atoms with Gasteiger partial charge < -0.3 is 15.4 Å². The van der Waals surface area contributed by atoms with E-state index in [1.165, 1.54) is 11.3 Å². The van der Waals surface area contributed by atoms with Gasteiger partial charge >= 0.3 is 0 Å². The van der Waals surface area contributed by atoms with E-state index in [4.69, 9.17) is 4.74 Å². The van der Waals surface area contributed by atoms with Crippen LogP contribution in [0.2, 0.25) is 0 Å². The predicted octanol–water partition coefficient (Wildman–Crippen LogP) is 5.53. The van der Waals surface area contributed by atoms with E-state index in [9.17, 15) is 4.79 Å². The molecule has 2 N–H and O–H groups in total. The van der Waals surface area contributed by atoms with Crippen molar-refractivity contribution in [1.82, 2.24) is 4.98 Å². The molecule has 0 aliphatic heterocycles. The molecule has 0 saturated carbocycles. The molecule has 0 bridgehead atoms. The summed E-state index contributed by atoms with van der Waals surface area (Å²) in [5.74, 6) is 0.481. The third-order valence-electron chi connectivity index (χ3n) is 3.75. The van der Waals surface area contributed by atoms with Gasteiger partial charge in [-0.3, -0.25) is 4.79 Å². The van der Waals surface area contributed by atoms with Gasteiger partial charge in [0.25, 0.3) is 5.91 Å². The summed E-state index contributed by atoms with van der Waals surface area (Å²) in [6.07, 6.45) is 0. The first-order chi connectivity index (χ1) is 12.5. The van der Waals surface area contributed by atoms with Gasteiger partial charge in [0.15, 0.2) is 5.13 Å². The van der Waals surface area contributed by atoms with Crippen molar-refractivity contribution >= 4 is 49.7 Å². The number of carbonyl (C=O) groups is 1. The Balaban J connectivity index is 1.74. The maximum Gasteiger partial charge on any atom is 0.275 e. The second-order valence-electron chi connectivity index (χ2n) is 5.78. The summed E-state index contributed by atoms with van der Waals surface area (Å²) in [6.45, 7) is 3.98. The predicted molar refractivity (Wildman–Crippen MR) is 110 cm³/mol. The Morgan fingerprint density at radius 3 is 2.73 bits per heavy atom. The maximum absolute atomic E-state index is 12.4. The number of benzene rings is 2. The van der Waals surface area contributed by atoms with E-state index in [0.29, 0.717) is 10.8 Å². The van der Waals surface area contributed by atoms with Crippen LogP contribution in [0.5, 0.6) is 5.75 Å². The van der Waals surface area contributed by atoms with Gasteiger partial charge in [0.05, 0.1) is 12.8 Å². The molecule has 5 nitrogen and oxygen atoms in total. The van der Waals surface area contributed by atoms with Crippen LogP contribution in [0.1, 0.15) is 21.6 Å². The average Bonchev–Trinajstić information content (AvgIpc) is 3.07. The van der Waals surface area contributed by atoms with Crippen LogP contribution in [0.15, 0.2) is 46.3 Å². The number of thiazole rings is 1. The fourth-order valence-electron chi connectivity index (χ4n) is 2.39. The molecule has 1 amide bonds. The molecule has 0 fully saturated rings. The van der Waals surface area contributed by atoms with E-state index in [1.807, 2.05) is 50.2 Å². The summed E-state index contributed by atoms with van der Waals surface area (Å²) >= 11 is 4.82. The van der Waals surface area contributed by atoms with Crippen LogP contribution in [0.25, 0.3) is 0 Å². The smallest absolute Gasteiger partial charge is 0.275 e. The van der Waals surface area contributed by atoms with Gasteiger partial charge in [-0.1, -0.05) is 22.0 Å². The van der Waals surface area contributed by atoms with Gasteiger partial charge in [0.2, 0.25) is 0 Å². The van der Waals surface area contributed by atoms with Crippen molar-refractivity contribution in [2.45, 2.75) is 13.8 Å². The summed E-state index contributed by atoms with van der Waals surface area (Å²) in [5.41, 5.74) is 4.07. The molecule has 7 heteroatoms. The standard InChI is InChI=1S/C19H18BrN3O2S/c1-11-4-7-17(25-3)15(8-11)22-19-23-16(10-26-19)18(24)21-13-5-6-14(20)12(2)9-13/h4-10H,1-3H3,(H,21,24)(H,22,23). The molecule has 134 valence electrons. The number of aryl methyl sites for hydroxylation is 2. The van der Waals surface area contributed by atoms with Crippen molar-refractivity contribution in [3.63, 3.8) is 0 Å². The molecule has 0 saturated heterocycles. The highest BCUT2D eigenvalue weighted by atomic mass is 79.9. The Morgan fingerprint density at radius 2 is 2.00 bits per heavy atom. The van der Waals surface area contributed by atoms with Crippen molar-refractivity contribution in [3.8, 4) is 5.75 Å². The van der Waals surface area contributed by atoms with Crippen molar-refractivity contribution in [2.75, 3.05) is 17.7 Å². The molecular formula is C19H18BrN3O2S. The van der Waals surface area contributed by atoms with Gasteiger partial charge in [-0.05, 0) is 55.3 Å². The quantitative estimate of drug-likeness (QED) is 0.557. The van der Waals surface area contributed by atoms with E-state index >= 15 is 0 Å². The van der Waals surface area contributed by atoms with Crippen LogP contribution < -0.4 is 15.4 Å². The molecule has 26 heavy (non-hydrogen) atoms. The minimum atomic E-state index is -0.243. The number of rotatable bonds is 5. The van der Waals surface area contributed by atoms with Gasteiger partial charge in [0, 0.05) is 15.5 Å². The number of nitrogens with one attached hydrogen (secondary N) is 2. The molecule has 1 aromatic heterocycles. The number of carbonyl (C=O) groups excluding carboxylic acids is 1. The molecule has 3 aromatic rings. The number of nitrogens with zero attached hydrogens (tertiary/aromatic N) is 1. The Morgan fingerprint density at radius 1 is 1.19 bits per heavy atom. The highest BCUT2D eigenvalue weighted by Gasteiger charge is 2.13. The molecule has 1 heterocycles. The maximum atomic E-state index is 12.4. The third kappa shape index (κ3) is 4.23. The van der Waals surface area contributed by atoms with E-state index in [-0.39, 0.29) is 5.91 Å². The molecule has 0 aliphatic rings. The molecule has 0 aliphatic carbocycles. The number of amides is 1. The van der Waals surface area contributed by atoms with Crippen LogP contribution in [-0.4, -0.2) is 18.0 Å². The zero-order valence-corrected chi connectivity index (χ0v) is 17.0. The molecule has 0 radical (unpaired) electrons. The van der Waals surface area contributed by atoms with Crippen molar-refractivity contribution in [1.29, 1.82) is 0 Å². The van der Waals surface area contributed by atoms with E-state index in [0.717, 1.165) is 32.7 Å². The summed E-state index contributed by atoms with van der Waals surface area (Å²) in [4.78, 5) is 16.8. The largest absolute Gasteiger partial charge is 0.495 e. The Labute approximate surface area is 164 Å². The Kier molecular flexibility index (Phi) is 5.58. The van der Waals surface area contributed by atoms with Crippen molar-refractivity contribution in [2.24, 2.45) is 0 Å². The summed E-state index contributed by atoms with van der Waals surface area (Å²) in [5, 5.41) is 8.44. The van der Waals surface area contributed by atoms with Gasteiger partial charge in [-0.2, -0.15) is 0 Å². The van der Waals surface area contributed by atoms with E-state index in [1.54, 1.807) is 12.5 Å². The number of halogens is 1. The number of methoxy groups -OCH3 is 1. The normalized spacial score (nSPS) is 10.5. The first-order valence-corrected chi connectivity index (χ1v) is 9.58. The van der Waals surface area contributed by atoms with Crippen LogP contribution in [-0.2, 0) is 0 Å². The molecule has 2 aromatic carbocycles. The lowest BCUT2D eigenvalue weighted by atomic mass is 10.2. The van der Waals surface area contributed by atoms with E-state index in [2.05, 4.69) is 31.5 Å². The number of hydrogen-bond acceptors (Lipinski definition) is 5. The second kappa shape index (κ2) is 7.88. The van der Waals surface area contributed by atoms with Crippen LogP contribution >= 0.6 is 27.3 Å². The van der Waals surface area contributed by atoms with Gasteiger partial charge in [0.1, 0.15) is 11.4 Å². The fraction of sp³-hybridized carbons (Fsp3) is 0.158. The van der Waals surface area contributed by atoms with Crippen LogP contribution in [0, 0.1) is 13.8 Å². The lowest BCUT2D eigenvalue weighted by molar-refractivity contribution is 0.102. The zero-order valence-electron chi connectivity index (χ0n) is 14.6. The lowest BCUT2D eigenvalue weighted by Crippen LogP contribution is -2.12. The minimum Gasteiger partial charge on any atom is -0.495 e. The van der Waals surface area contributed by atoms with Crippen LogP contribution in [0.3, 0.4) is 0 Å². The van der Waals surface area contributed by atoms with Gasteiger partial charge in [-0.25, -0.2) is 4.98 Å². The number of ether oxygens (including phenoxy) is 1. The summed E-state index contributed by atoms with van der Waals surface area (Å²) < 4.78 is 6.36. The molecule has 0 unspecified atom stereocenters. The number of hydrogen-bond donors (Lipinski definition) is 2. The van der Waals surface area contributed by atoms with Crippen LogP contribution in [0.4, 0.5) is 16.5 Å². The number of anilines is 3. The molecular weight excluding hydrogens is 414 g/mol. The third-order valence-corrected chi connectivity index (χ3v) is 5.40. The lowest BCUT2D eigenvalue weighted by Gasteiger charge is -2.09. The van der Waals surface area contributed by atoms with Crippen molar-refractivity contribution in [3.05, 3.63) is 63.1 Å². The first kappa shape index (κ1) is 18.4. The topological polar surface area (TPSA) is 63.2 Å². The Hall–Kier alpha value is -2.38. The number of aromatic nitrogens is 1. The molecule has 3 rings (SSSR count). The fourth-order valence-corrected chi connectivity index (χ4v) is 3.34. The molecule has 0 atom stereocenters. The Bertz CT molecular complexity index is 956. The summed E-state index contributed by atoms with van der Waals surface area (Å²) in [6, 6.07) is 11.5. The second-order valence-corrected chi connectivity index (χ2v) is 7.50. The molecule has 0 spiro atoms. The van der Waals surface area contributed by atoms with Gasteiger partial charge in [-0.15, -0.1) is 11.3 Å². The summed E-state index contributed by atoms with van der Waals surface area (Å²) in [7, 11) is 1.62. The highest BCUT2D eigenvalue weighted by Crippen LogP contribution is 2.30. The van der Waals surface area contributed by atoms with E-state index < -0.39 is 0 Å². The van der Waals surface area contributed by atoms with Crippen molar-refractivity contribution < 1.29 is 9.53 Å². The minimum absolute atomic E-state index is 0.243. The SMILES string of the molecule is COc1ccc(C)cc1Nc1nc(C(=O)Nc2ccc(Br)c(C)c2)cs1. The zero-order chi connectivity index (χ0) is 18.7.